The van der Waals surface area contributed by atoms with Crippen molar-refractivity contribution in [3.63, 3.8) is 0 Å². The van der Waals surface area contributed by atoms with Gasteiger partial charge in [-0.25, -0.2) is 8.78 Å². The number of hydrogen-bond acceptors (Lipinski definition) is 1. The van der Waals surface area contributed by atoms with Crippen molar-refractivity contribution in [3.8, 4) is 0 Å². The molecule has 0 spiro atoms. The molecule has 1 saturated heterocycles. The molecule has 2 nitrogen and oxygen atoms in total. The fourth-order valence-electron chi connectivity index (χ4n) is 1.93. The Morgan fingerprint density at radius 1 is 1.36 bits per heavy atom. The highest BCUT2D eigenvalue weighted by atomic mass is 19.1. The first-order valence-electron chi connectivity index (χ1n) is 4.66. The summed E-state index contributed by atoms with van der Waals surface area (Å²) in [7, 11) is 0. The number of nitrogens with one attached hydrogen (secondary N) is 1. The molecule has 1 heterocycles. The Morgan fingerprint density at radius 3 is 2.79 bits per heavy atom. The lowest BCUT2D eigenvalue weighted by molar-refractivity contribution is -0.867. The van der Waals surface area contributed by atoms with Crippen molar-refractivity contribution >= 4 is 0 Å². The molecule has 0 aliphatic carbocycles. The summed E-state index contributed by atoms with van der Waals surface area (Å²) >= 11 is 0. The first-order valence-corrected chi connectivity index (χ1v) is 4.66. The van der Waals surface area contributed by atoms with E-state index >= 15 is 0 Å². The predicted molar refractivity (Wildman–Crippen MR) is 47.5 cm³/mol. The average molecular weight is 199 g/mol. The van der Waals surface area contributed by atoms with Crippen LogP contribution in [-0.2, 0) is 0 Å². The van der Waals surface area contributed by atoms with E-state index in [-0.39, 0.29) is 10.6 Å². The summed E-state index contributed by atoms with van der Waals surface area (Å²) in [5.41, 5.74) is 0.215. The number of hydroxylamine groups is 2. The molecule has 2 unspecified atom stereocenters. The van der Waals surface area contributed by atoms with E-state index in [4.69, 9.17) is 0 Å². The van der Waals surface area contributed by atoms with Gasteiger partial charge in [0, 0.05) is 18.4 Å². The molecular formula is C10H11F2NO. The highest BCUT2D eigenvalue weighted by molar-refractivity contribution is 5.21. The fourth-order valence-corrected chi connectivity index (χ4v) is 1.93. The number of hydrogen-bond donors (Lipinski definition) is 1. The number of benzene rings is 1. The highest BCUT2D eigenvalue weighted by Gasteiger charge is 2.27. The summed E-state index contributed by atoms with van der Waals surface area (Å²) in [6.07, 6.45) is 1.42. The van der Waals surface area contributed by atoms with Gasteiger partial charge in [-0.15, -0.1) is 0 Å². The zero-order valence-corrected chi connectivity index (χ0v) is 7.59. The van der Waals surface area contributed by atoms with Gasteiger partial charge in [-0.1, -0.05) is 0 Å². The Labute approximate surface area is 80.7 Å². The van der Waals surface area contributed by atoms with Gasteiger partial charge >= 0.3 is 0 Å². The van der Waals surface area contributed by atoms with Gasteiger partial charge in [0.1, 0.15) is 17.7 Å². The maximum absolute atomic E-state index is 13.3. The van der Waals surface area contributed by atoms with Gasteiger partial charge in [-0.3, -0.25) is 0 Å². The molecule has 1 aliphatic heterocycles. The zero-order valence-electron chi connectivity index (χ0n) is 7.59. The number of rotatable bonds is 1. The lowest BCUT2D eigenvalue weighted by Crippen LogP contribution is -3.05. The summed E-state index contributed by atoms with van der Waals surface area (Å²) in [5.74, 6) is -0.965. The third kappa shape index (κ3) is 1.63. The largest absolute Gasteiger partial charge is 0.634 e. The number of quaternary nitrogens is 1. The second-order valence-corrected chi connectivity index (χ2v) is 3.58. The summed E-state index contributed by atoms with van der Waals surface area (Å²) in [4.78, 5) is 0. The number of halogens is 2. The van der Waals surface area contributed by atoms with Gasteiger partial charge in [0.05, 0.1) is 6.54 Å². The van der Waals surface area contributed by atoms with Gasteiger partial charge in [0.25, 0.3) is 0 Å². The molecule has 14 heavy (non-hydrogen) atoms. The van der Waals surface area contributed by atoms with Crippen molar-refractivity contribution in [1.29, 1.82) is 0 Å². The predicted octanol–water partition coefficient (Wildman–Crippen LogP) is 1.18. The Hall–Kier alpha value is -1.00. The lowest BCUT2D eigenvalue weighted by Gasteiger charge is -2.24. The molecule has 0 radical (unpaired) electrons. The van der Waals surface area contributed by atoms with E-state index in [1.165, 1.54) is 0 Å². The second kappa shape index (κ2) is 3.63. The van der Waals surface area contributed by atoms with Gasteiger partial charge < -0.3 is 10.3 Å². The molecule has 1 aliphatic rings. The van der Waals surface area contributed by atoms with E-state index in [0.29, 0.717) is 13.0 Å². The second-order valence-electron chi connectivity index (χ2n) is 3.58. The first kappa shape index (κ1) is 9.55. The van der Waals surface area contributed by atoms with Crippen molar-refractivity contribution in [1.82, 2.24) is 0 Å². The van der Waals surface area contributed by atoms with E-state index in [9.17, 15) is 14.0 Å². The Balaban J connectivity index is 2.34. The van der Waals surface area contributed by atoms with Crippen LogP contribution in [0.4, 0.5) is 8.78 Å². The lowest BCUT2D eigenvalue weighted by atomic mass is 10.0. The van der Waals surface area contributed by atoms with Crippen LogP contribution >= 0.6 is 0 Å². The van der Waals surface area contributed by atoms with Crippen LogP contribution in [-0.4, -0.2) is 6.54 Å². The van der Waals surface area contributed by atoms with E-state index in [0.717, 1.165) is 24.6 Å². The minimum Gasteiger partial charge on any atom is -0.634 e. The molecule has 2 rings (SSSR count). The minimum absolute atomic E-state index is 0.0227. The van der Waals surface area contributed by atoms with Crippen LogP contribution in [0.15, 0.2) is 18.2 Å². The summed E-state index contributed by atoms with van der Waals surface area (Å²) in [6, 6.07) is 2.85. The van der Waals surface area contributed by atoms with Crippen molar-refractivity contribution in [2.45, 2.75) is 18.9 Å². The smallest absolute Gasteiger partial charge is 0.132 e. The maximum Gasteiger partial charge on any atom is 0.132 e. The quantitative estimate of drug-likeness (QED) is 0.676. The minimum atomic E-state index is -0.485. The molecule has 2 atom stereocenters. The van der Waals surface area contributed by atoms with Crippen molar-refractivity contribution in [2.75, 3.05) is 6.54 Å². The normalized spacial score (nSPS) is 26.8. The molecule has 76 valence electrons. The molecule has 0 saturated carbocycles. The Kier molecular flexibility index (Phi) is 2.48. The molecule has 4 heteroatoms. The molecule has 1 aromatic carbocycles. The Bertz CT molecular complexity index is 343. The van der Waals surface area contributed by atoms with Crippen molar-refractivity contribution in [2.24, 2.45) is 0 Å². The van der Waals surface area contributed by atoms with Crippen LogP contribution in [0, 0.1) is 16.8 Å². The first-order chi connectivity index (χ1) is 6.68. The zero-order chi connectivity index (χ0) is 10.1. The van der Waals surface area contributed by atoms with Crippen LogP contribution in [0.5, 0.6) is 0 Å². The molecular weight excluding hydrogens is 188 g/mol. The van der Waals surface area contributed by atoms with E-state index < -0.39 is 17.7 Å². The van der Waals surface area contributed by atoms with Gasteiger partial charge in [0.2, 0.25) is 0 Å². The topological polar surface area (TPSA) is 27.5 Å². The SMILES string of the molecule is [O-][NH+]1CCCC1c1cc(F)ccc1F. The van der Waals surface area contributed by atoms with Crippen molar-refractivity contribution < 1.29 is 13.8 Å². The van der Waals surface area contributed by atoms with Gasteiger partial charge in [-0.05, 0) is 18.2 Å². The van der Waals surface area contributed by atoms with E-state index in [1.54, 1.807) is 0 Å². The molecule has 1 aromatic rings. The standard InChI is InChI=1S/C10H11F2NO/c11-7-3-4-9(12)8(6-7)10-2-1-5-13(10)14/h3-4,6,10,13H,1-2,5H2. The Morgan fingerprint density at radius 2 is 2.14 bits per heavy atom. The average Bonchev–Trinajstić information content (AvgIpc) is 2.56. The summed E-state index contributed by atoms with van der Waals surface area (Å²) in [5, 5.41) is 11.4. The third-order valence-corrected chi connectivity index (χ3v) is 2.64. The van der Waals surface area contributed by atoms with E-state index in [2.05, 4.69) is 0 Å². The third-order valence-electron chi connectivity index (χ3n) is 2.64. The molecule has 0 aromatic heterocycles. The van der Waals surface area contributed by atoms with Crippen molar-refractivity contribution in [3.05, 3.63) is 40.6 Å². The molecule has 1 N–H and O–H groups in total. The van der Waals surface area contributed by atoms with Crippen LogP contribution in [0.1, 0.15) is 24.4 Å². The maximum atomic E-state index is 13.3. The van der Waals surface area contributed by atoms with Gasteiger partial charge in [0.15, 0.2) is 0 Å². The van der Waals surface area contributed by atoms with E-state index in [1.807, 2.05) is 0 Å². The molecule has 0 bridgehead atoms. The fraction of sp³-hybridized carbons (Fsp3) is 0.400. The van der Waals surface area contributed by atoms with Crippen LogP contribution in [0.25, 0.3) is 0 Å². The van der Waals surface area contributed by atoms with Crippen LogP contribution < -0.4 is 5.06 Å². The van der Waals surface area contributed by atoms with Crippen LogP contribution in [0.2, 0.25) is 0 Å². The molecule has 0 amide bonds. The van der Waals surface area contributed by atoms with Crippen LogP contribution in [0.3, 0.4) is 0 Å². The summed E-state index contributed by atoms with van der Waals surface area (Å²) in [6.45, 7) is 0.487. The highest BCUT2D eigenvalue weighted by Crippen LogP contribution is 2.22. The monoisotopic (exact) mass is 199 g/mol. The van der Waals surface area contributed by atoms with Gasteiger partial charge in [-0.2, -0.15) is 0 Å². The summed E-state index contributed by atoms with van der Waals surface area (Å²) < 4.78 is 26.1. The molecule has 1 fully saturated rings.